The van der Waals surface area contributed by atoms with E-state index < -0.39 is 0 Å². The molecule has 4 fully saturated rings. The Hall–Kier alpha value is -0.570. The fourth-order valence-electron chi connectivity index (χ4n) is 6.00. The summed E-state index contributed by atoms with van der Waals surface area (Å²) in [6, 6.07) is 0.740. The average Bonchev–Trinajstić information content (AvgIpc) is 3.10. The Bertz CT molecular complexity index is 396. The van der Waals surface area contributed by atoms with Gasteiger partial charge in [0.1, 0.15) is 0 Å². The van der Waals surface area contributed by atoms with Crippen LogP contribution in [0.1, 0.15) is 57.8 Å². The van der Waals surface area contributed by atoms with Gasteiger partial charge in [-0.15, -0.1) is 0 Å². The summed E-state index contributed by atoms with van der Waals surface area (Å²) in [6.45, 7) is 0. The largest absolute Gasteiger partial charge is 0.353 e. The van der Waals surface area contributed by atoms with E-state index in [0.29, 0.717) is 11.9 Å². The van der Waals surface area contributed by atoms with E-state index in [1.54, 1.807) is 0 Å². The number of carbonyl (C=O) groups is 1. The Kier molecular flexibility index (Phi) is 3.29. The van der Waals surface area contributed by atoms with E-state index in [4.69, 9.17) is 5.73 Å². The summed E-state index contributed by atoms with van der Waals surface area (Å²) in [5.41, 5.74) is 6.02. The van der Waals surface area contributed by atoms with Crippen LogP contribution in [0.4, 0.5) is 0 Å². The van der Waals surface area contributed by atoms with Crippen molar-refractivity contribution in [1.29, 1.82) is 0 Å². The van der Waals surface area contributed by atoms with Gasteiger partial charge >= 0.3 is 0 Å². The summed E-state index contributed by atoms with van der Waals surface area (Å²) in [5.74, 6) is 4.17. The predicted octanol–water partition coefficient (Wildman–Crippen LogP) is 2.44. The first-order valence-electron chi connectivity index (χ1n) is 8.78. The third kappa shape index (κ3) is 2.09. The number of amides is 1. The summed E-state index contributed by atoms with van der Waals surface area (Å²) >= 11 is 0. The summed E-state index contributed by atoms with van der Waals surface area (Å²) in [7, 11) is 0. The summed E-state index contributed by atoms with van der Waals surface area (Å²) < 4.78 is 0. The molecule has 4 rings (SSSR count). The van der Waals surface area contributed by atoms with Crippen LogP contribution in [0.25, 0.3) is 0 Å². The van der Waals surface area contributed by atoms with E-state index >= 15 is 0 Å². The second-order valence-electron chi connectivity index (χ2n) is 7.89. The standard InChI is InChI=1S/C17H28N2O/c18-12-4-1-3-10(7-12)17(20)19-16-9-11-8-15(16)14-6-2-5-13(11)14/h10-16H,1-9,18H2,(H,19,20). The average molecular weight is 276 g/mol. The Morgan fingerprint density at radius 1 is 0.900 bits per heavy atom. The highest BCUT2D eigenvalue weighted by Crippen LogP contribution is 2.58. The molecule has 0 aromatic heterocycles. The molecule has 0 saturated heterocycles. The van der Waals surface area contributed by atoms with Gasteiger partial charge in [0.05, 0.1) is 0 Å². The Morgan fingerprint density at radius 3 is 2.55 bits per heavy atom. The molecule has 0 radical (unpaired) electrons. The first-order chi connectivity index (χ1) is 9.72. The van der Waals surface area contributed by atoms with Crippen LogP contribution in [-0.4, -0.2) is 18.0 Å². The second kappa shape index (κ2) is 5.01. The van der Waals surface area contributed by atoms with Crippen molar-refractivity contribution in [1.82, 2.24) is 5.32 Å². The molecule has 4 saturated carbocycles. The molecule has 7 unspecified atom stereocenters. The molecule has 0 heterocycles. The molecule has 3 N–H and O–H groups in total. The van der Waals surface area contributed by atoms with Gasteiger partial charge in [0.25, 0.3) is 0 Å². The molecule has 1 amide bonds. The van der Waals surface area contributed by atoms with Gasteiger partial charge in [0.15, 0.2) is 0 Å². The molecule has 2 bridgehead atoms. The van der Waals surface area contributed by atoms with Crippen LogP contribution in [0.15, 0.2) is 0 Å². The third-order valence-electron chi connectivity index (χ3n) is 6.84. The topological polar surface area (TPSA) is 55.1 Å². The van der Waals surface area contributed by atoms with Crippen LogP contribution < -0.4 is 11.1 Å². The fraction of sp³-hybridized carbons (Fsp3) is 0.941. The van der Waals surface area contributed by atoms with Crippen LogP contribution in [-0.2, 0) is 4.79 Å². The second-order valence-corrected chi connectivity index (χ2v) is 7.89. The van der Waals surface area contributed by atoms with Gasteiger partial charge in [0.2, 0.25) is 5.91 Å². The number of rotatable bonds is 2. The minimum Gasteiger partial charge on any atom is -0.353 e. The first kappa shape index (κ1) is 13.1. The van der Waals surface area contributed by atoms with Crippen LogP contribution in [0.3, 0.4) is 0 Å². The smallest absolute Gasteiger partial charge is 0.223 e. The minimum absolute atomic E-state index is 0.192. The van der Waals surface area contributed by atoms with Crippen molar-refractivity contribution < 1.29 is 4.79 Å². The zero-order chi connectivity index (χ0) is 13.7. The van der Waals surface area contributed by atoms with Gasteiger partial charge in [-0.3, -0.25) is 4.79 Å². The molecule has 20 heavy (non-hydrogen) atoms. The minimum atomic E-state index is 0.192. The molecule has 3 heteroatoms. The predicted molar refractivity (Wildman–Crippen MR) is 78.9 cm³/mol. The van der Waals surface area contributed by atoms with Gasteiger partial charge in [-0.2, -0.15) is 0 Å². The summed E-state index contributed by atoms with van der Waals surface area (Å²) in [4.78, 5) is 12.5. The quantitative estimate of drug-likeness (QED) is 0.814. The Morgan fingerprint density at radius 2 is 1.70 bits per heavy atom. The lowest BCUT2D eigenvalue weighted by Gasteiger charge is -2.34. The molecule has 0 aromatic rings. The Balaban J connectivity index is 1.37. The van der Waals surface area contributed by atoms with E-state index in [2.05, 4.69) is 5.32 Å². The van der Waals surface area contributed by atoms with Crippen molar-refractivity contribution in [2.45, 2.75) is 69.9 Å². The number of fused-ring (bicyclic) bond motifs is 5. The van der Waals surface area contributed by atoms with E-state index in [1.807, 2.05) is 0 Å². The summed E-state index contributed by atoms with van der Waals surface area (Å²) in [5, 5.41) is 3.42. The molecular weight excluding hydrogens is 248 g/mol. The number of hydrogen-bond acceptors (Lipinski definition) is 2. The number of carbonyl (C=O) groups excluding carboxylic acids is 1. The van der Waals surface area contributed by atoms with E-state index in [0.717, 1.165) is 49.4 Å². The first-order valence-corrected chi connectivity index (χ1v) is 8.78. The van der Waals surface area contributed by atoms with Crippen molar-refractivity contribution in [2.24, 2.45) is 35.3 Å². The van der Waals surface area contributed by atoms with Crippen molar-refractivity contribution >= 4 is 5.91 Å². The van der Waals surface area contributed by atoms with Crippen LogP contribution >= 0.6 is 0 Å². The maximum Gasteiger partial charge on any atom is 0.223 e. The lowest BCUT2D eigenvalue weighted by molar-refractivity contribution is -0.127. The molecule has 7 atom stereocenters. The van der Waals surface area contributed by atoms with Crippen molar-refractivity contribution in [2.75, 3.05) is 0 Å². The van der Waals surface area contributed by atoms with Crippen LogP contribution in [0.2, 0.25) is 0 Å². The van der Waals surface area contributed by atoms with E-state index in [-0.39, 0.29) is 12.0 Å². The number of hydrogen-bond donors (Lipinski definition) is 2. The Labute approximate surface area is 122 Å². The lowest BCUT2D eigenvalue weighted by atomic mass is 9.78. The number of nitrogens with one attached hydrogen (secondary N) is 1. The highest BCUT2D eigenvalue weighted by atomic mass is 16.1. The molecule has 3 nitrogen and oxygen atoms in total. The highest BCUT2D eigenvalue weighted by molar-refractivity contribution is 5.79. The van der Waals surface area contributed by atoms with Gasteiger partial charge in [-0.1, -0.05) is 12.8 Å². The van der Waals surface area contributed by atoms with Crippen molar-refractivity contribution in [3.8, 4) is 0 Å². The maximum atomic E-state index is 12.5. The van der Waals surface area contributed by atoms with Gasteiger partial charge in [-0.05, 0) is 68.6 Å². The van der Waals surface area contributed by atoms with Crippen LogP contribution in [0, 0.1) is 29.6 Å². The van der Waals surface area contributed by atoms with Crippen molar-refractivity contribution in [3.05, 3.63) is 0 Å². The van der Waals surface area contributed by atoms with Gasteiger partial charge in [0, 0.05) is 18.0 Å². The molecule has 0 aromatic carbocycles. The molecule has 112 valence electrons. The maximum absolute atomic E-state index is 12.5. The van der Waals surface area contributed by atoms with E-state index in [1.165, 1.54) is 32.1 Å². The van der Waals surface area contributed by atoms with Gasteiger partial charge in [-0.25, -0.2) is 0 Å². The van der Waals surface area contributed by atoms with E-state index in [9.17, 15) is 4.79 Å². The van der Waals surface area contributed by atoms with Gasteiger partial charge < -0.3 is 11.1 Å². The molecule has 4 aliphatic carbocycles. The monoisotopic (exact) mass is 276 g/mol. The third-order valence-corrected chi connectivity index (χ3v) is 6.84. The molecule has 0 aliphatic heterocycles. The molecule has 4 aliphatic rings. The fourth-order valence-corrected chi connectivity index (χ4v) is 6.00. The summed E-state index contributed by atoms with van der Waals surface area (Å²) in [6.07, 6.45) is 11.1. The SMILES string of the molecule is NC1CCCC(C(=O)NC2CC3CC2C2CCCC32)C1. The zero-order valence-corrected chi connectivity index (χ0v) is 12.4. The lowest BCUT2D eigenvalue weighted by Crippen LogP contribution is -2.46. The normalized spacial score (nSPS) is 50.1. The number of nitrogens with two attached hydrogens (primary N) is 1. The molecule has 0 spiro atoms. The molecular formula is C17H28N2O. The highest BCUT2D eigenvalue weighted by Gasteiger charge is 2.54. The van der Waals surface area contributed by atoms with Crippen LogP contribution in [0.5, 0.6) is 0 Å². The van der Waals surface area contributed by atoms with Crippen molar-refractivity contribution in [3.63, 3.8) is 0 Å². The zero-order valence-electron chi connectivity index (χ0n) is 12.4.